The number of piperidine rings is 1. The van der Waals surface area contributed by atoms with E-state index in [2.05, 4.69) is 27.8 Å². The summed E-state index contributed by atoms with van der Waals surface area (Å²) in [6, 6.07) is 10.3. The van der Waals surface area contributed by atoms with Crippen LogP contribution in [-0.2, 0) is 16.1 Å². The number of hydrogen-bond acceptors (Lipinski definition) is 5. The van der Waals surface area contributed by atoms with Gasteiger partial charge >= 0.3 is 0 Å². The SMILES string of the molecule is COCCn1c(-c2nc(C(=O)N3CCC(C(N)=O)CC3)cs2)cc2ccccc21. The van der Waals surface area contributed by atoms with Gasteiger partial charge in [-0.25, -0.2) is 4.98 Å². The van der Waals surface area contributed by atoms with E-state index in [9.17, 15) is 9.59 Å². The molecule has 0 aliphatic carbocycles. The first-order valence-corrected chi connectivity index (χ1v) is 10.6. The Hall–Kier alpha value is -2.71. The number of amides is 2. The standard InChI is InChI=1S/C21H24N4O3S/c1-28-11-10-25-17-5-3-2-4-15(17)12-18(25)20-23-16(13-29-20)21(27)24-8-6-14(7-9-24)19(22)26/h2-5,12-14H,6-11H2,1H3,(H2,22,26). The van der Waals surface area contributed by atoms with Gasteiger partial charge in [-0.1, -0.05) is 18.2 Å². The summed E-state index contributed by atoms with van der Waals surface area (Å²) in [4.78, 5) is 30.6. The van der Waals surface area contributed by atoms with E-state index in [0.717, 1.165) is 21.6 Å². The van der Waals surface area contributed by atoms with Crippen molar-refractivity contribution in [3.63, 3.8) is 0 Å². The minimum absolute atomic E-state index is 0.0880. The van der Waals surface area contributed by atoms with E-state index in [4.69, 9.17) is 10.5 Å². The van der Waals surface area contributed by atoms with Crippen LogP contribution in [-0.4, -0.2) is 53.1 Å². The van der Waals surface area contributed by atoms with Crippen LogP contribution >= 0.6 is 11.3 Å². The molecule has 0 radical (unpaired) electrons. The number of thiazole rings is 1. The van der Waals surface area contributed by atoms with E-state index in [-0.39, 0.29) is 17.7 Å². The number of ether oxygens (including phenoxy) is 1. The number of fused-ring (bicyclic) bond motifs is 1. The van der Waals surface area contributed by atoms with E-state index in [1.807, 2.05) is 17.5 Å². The molecule has 152 valence electrons. The third-order valence-electron chi connectivity index (χ3n) is 5.46. The van der Waals surface area contributed by atoms with Gasteiger partial charge in [-0.05, 0) is 25.0 Å². The number of para-hydroxylation sites is 1. The number of aromatic nitrogens is 2. The van der Waals surface area contributed by atoms with Gasteiger partial charge in [-0.15, -0.1) is 11.3 Å². The van der Waals surface area contributed by atoms with Crippen LogP contribution in [0.15, 0.2) is 35.7 Å². The molecule has 1 aliphatic heterocycles. The number of carbonyl (C=O) groups is 2. The molecule has 2 amide bonds. The van der Waals surface area contributed by atoms with E-state index in [1.165, 1.54) is 11.3 Å². The Morgan fingerprint density at radius 1 is 1.28 bits per heavy atom. The Balaban J connectivity index is 1.58. The topological polar surface area (TPSA) is 90.5 Å². The fourth-order valence-electron chi connectivity index (χ4n) is 3.83. The van der Waals surface area contributed by atoms with Crippen molar-refractivity contribution >= 4 is 34.1 Å². The second-order valence-electron chi connectivity index (χ2n) is 7.24. The Bertz CT molecular complexity index is 1030. The van der Waals surface area contributed by atoms with Gasteiger partial charge in [0, 0.05) is 48.9 Å². The molecule has 29 heavy (non-hydrogen) atoms. The number of methoxy groups -OCH3 is 1. The van der Waals surface area contributed by atoms with E-state index < -0.39 is 0 Å². The number of carbonyl (C=O) groups excluding carboxylic acids is 2. The number of rotatable bonds is 6. The lowest BCUT2D eigenvalue weighted by Gasteiger charge is -2.30. The number of benzene rings is 1. The van der Waals surface area contributed by atoms with Crippen molar-refractivity contribution in [2.75, 3.05) is 26.8 Å². The first-order valence-electron chi connectivity index (χ1n) is 9.70. The lowest BCUT2D eigenvalue weighted by Crippen LogP contribution is -2.41. The lowest BCUT2D eigenvalue weighted by molar-refractivity contribution is -0.123. The minimum atomic E-state index is -0.281. The van der Waals surface area contributed by atoms with E-state index >= 15 is 0 Å². The molecule has 1 aromatic carbocycles. The molecule has 1 aliphatic rings. The highest BCUT2D eigenvalue weighted by Gasteiger charge is 2.28. The van der Waals surface area contributed by atoms with Gasteiger partial charge in [0.25, 0.3) is 5.91 Å². The second-order valence-corrected chi connectivity index (χ2v) is 8.10. The largest absolute Gasteiger partial charge is 0.383 e. The summed E-state index contributed by atoms with van der Waals surface area (Å²) in [5, 5.41) is 3.76. The summed E-state index contributed by atoms with van der Waals surface area (Å²) in [5.41, 5.74) is 7.94. The molecule has 1 saturated heterocycles. The maximum Gasteiger partial charge on any atom is 0.273 e. The summed E-state index contributed by atoms with van der Waals surface area (Å²) in [5.74, 6) is -0.506. The first-order chi connectivity index (χ1) is 14.1. The average Bonchev–Trinajstić information content (AvgIpc) is 3.36. The van der Waals surface area contributed by atoms with Gasteiger partial charge in [0.1, 0.15) is 10.7 Å². The van der Waals surface area contributed by atoms with Gasteiger partial charge in [0.15, 0.2) is 0 Å². The van der Waals surface area contributed by atoms with Gasteiger partial charge in [0.2, 0.25) is 5.91 Å². The van der Waals surface area contributed by atoms with Gasteiger partial charge in [-0.3, -0.25) is 9.59 Å². The molecular weight excluding hydrogens is 388 g/mol. The van der Waals surface area contributed by atoms with Gasteiger partial charge in [-0.2, -0.15) is 0 Å². The first kappa shape index (κ1) is 19.6. The fraction of sp³-hybridized carbons (Fsp3) is 0.381. The monoisotopic (exact) mass is 412 g/mol. The van der Waals surface area contributed by atoms with Crippen molar-refractivity contribution in [1.82, 2.24) is 14.5 Å². The molecule has 3 heterocycles. The zero-order valence-corrected chi connectivity index (χ0v) is 17.2. The molecule has 4 rings (SSSR count). The van der Waals surface area contributed by atoms with Crippen LogP contribution in [0.2, 0.25) is 0 Å². The Morgan fingerprint density at radius 2 is 2.03 bits per heavy atom. The second kappa shape index (κ2) is 8.34. The molecule has 2 N–H and O–H groups in total. The third kappa shape index (κ3) is 3.90. The zero-order valence-electron chi connectivity index (χ0n) is 16.3. The smallest absolute Gasteiger partial charge is 0.273 e. The fourth-order valence-corrected chi connectivity index (χ4v) is 4.65. The van der Waals surface area contributed by atoms with Crippen LogP contribution in [0.5, 0.6) is 0 Å². The molecule has 8 heteroatoms. The Kier molecular flexibility index (Phi) is 5.64. The van der Waals surface area contributed by atoms with Crippen molar-refractivity contribution in [1.29, 1.82) is 0 Å². The van der Waals surface area contributed by atoms with Crippen molar-refractivity contribution in [3.8, 4) is 10.7 Å². The summed E-state index contributed by atoms with van der Waals surface area (Å²) < 4.78 is 7.46. The quantitative estimate of drug-likeness (QED) is 0.674. The van der Waals surface area contributed by atoms with Crippen molar-refractivity contribution in [2.24, 2.45) is 11.7 Å². The highest BCUT2D eigenvalue weighted by Crippen LogP contribution is 2.31. The summed E-state index contributed by atoms with van der Waals surface area (Å²) in [7, 11) is 1.69. The van der Waals surface area contributed by atoms with E-state index in [1.54, 1.807) is 12.0 Å². The van der Waals surface area contributed by atoms with Crippen LogP contribution in [0, 0.1) is 5.92 Å². The molecule has 1 fully saturated rings. The summed E-state index contributed by atoms with van der Waals surface area (Å²) in [6.45, 7) is 2.38. The molecule has 0 spiro atoms. The van der Waals surface area contributed by atoms with Crippen molar-refractivity contribution in [3.05, 3.63) is 41.4 Å². The predicted octanol–water partition coefficient (Wildman–Crippen LogP) is 2.75. The van der Waals surface area contributed by atoms with Crippen LogP contribution in [0.25, 0.3) is 21.6 Å². The highest BCUT2D eigenvalue weighted by atomic mass is 32.1. The highest BCUT2D eigenvalue weighted by molar-refractivity contribution is 7.13. The Morgan fingerprint density at radius 3 is 2.76 bits per heavy atom. The number of hydrogen-bond donors (Lipinski definition) is 1. The molecule has 0 saturated carbocycles. The molecule has 3 aromatic rings. The van der Waals surface area contributed by atoms with Crippen molar-refractivity contribution < 1.29 is 14.3 Å². The molecule has 2 aromatic heterocycles. The number of nitrogens with zero attached hydrogens (tertiary/aromatic N) is 3. The predicted molar refractivity (Wildman–Crippen MR) is 113 cm³/mol. The normalized spacial score (nSPS) is 15.1. The minimum Gasteiger partial charge on any atom is -0.383 e. The lowest BCUT2D eigenvalue weighted by atomic mass is 9.96. The molecular formula is C21H24N4O3S. The molecule has 7 nitrogen and oxygen atoms in total. The van der Waals surface area contributed by atoms with Crippen molar-refractivity contribution in [2.45, 2.75) is 19.4 Å². The van der Waals surface area contributed by atoms with Crippen LogP contribution < -0.4 is 5.73 Å². The van der Waals surface area contributed by atoms with E-state index in [0.29, 0.717) is 44.8 Å². The maximum atomic E-state index is 12.9. The maximum absolute atomic E-state index is 12.9. The number of primary amides is 1. The molecule has 0 atom stereocenters. The van der Waals surface area contributed by atoms with Crippen LogP contribution in [0.1, 0.15) is 23.3 Å². The number of likely N-dealkylation sites (tertiary alicyclic amines) is 1. The molecule has 0 bridgehead atoms. The van der Waals surface area contributed by atoms with Crippen LogP contribution in [0.3, 0.4) is 0 Å². The van der Waals surface area contributed by atoms with Gasteiger partial charge < -0.3 is 19.9 Å². The zero-order chi connectivity index (χ0) is 20.4. The van der Waals surface area contributed by atoms with Gasteiger partial charge in [0.05, 0.1) is 12.3 Å². The Labute approximate surface area is 173 Å². The number of nitrogens with two attached hydrogens (primary N) is 1. The molecule has 0 unspecified atom stereocenters. The summed E-state index contributed by atoms with van der Waals surface area (Å²) >= 11 is 1.47. The average molecular weight is 413 g/mol. The summed E-state index contributed by atoms with van der Waals surface area (Å²) in [6.07, 6.45) is 1.23. The third-order valence-corrected chi connectivity index (χ3v) is 6.32. The van der Waals surface area contributed by atoms with Crippen LogP contribution in [0.4, 0.5) is 0 Å².